The second kappa shape index (κ2) is 6.87. The van der Waals surface area contributed by atoms with E-state index in [1.54, 1.807) is 0 Å². The molecule has 0 aliphatic carbocycles. The van der Waals surface area contributed by atoms with Crippen molar-refractivity contribution in [1.82, 2.24) is 9.88 Å². The summed E-state index contributed by atoms with van der Waals surface area (Å²) >= 11 is 0. The largest absolute Gasteiger partial charge is 0.385 e. The van der Waals surface area contributed by atoms with Crippen molar-refractivity contribution in [2.45, 2.75) is 32.9 Å². The van der Waals surface area contributed by atoms with Gasteiger partial charge in [0.1, 0.15) is 0 Å². The van der Waals surface area contributed by atoms with Crippen LogP contribution < -0.4 is 5.32 Å². The molecule has 1 aromatic heterocycles. The number of aromatic nitrogens is 1. The molecule has 1 N–H and O–H groups in total. The molecule has 0 aromatic carbocycles. The van der Waals surface area contributed by atoms with Gasteiger partial charge < -0.3 is 5.32 Å². The summed E-state index contributed by atoms with van der Waals surface area (Å²) in [5.74, 6) is 0. The minimum atomic E-state index is 0.254. The number of nitrogens with one attached hydrogen (secondary N) is 1. The first-order chi connectivity index (χ1) is 8.17. The van der Waals surface area contributed by atoms with Crippen molar-refractivity contribution >= 4 is 5.69 Å². The first-order valence-corrected chi connectivity index (χ1v) is 5.93. The minimum Gasteiger partial charge on any atom is -0.385 e. The number of rotatable bonds is 6. The lowest BCUT2D eigenvalue weighted by atomic mass is 10.2. The highest BCUT2D eigenvalue weighted by atomic mass is 15.1. The molecule has 1 atom stereocenters. The Balaban J connectivity index is 2.61. The van der Waals surface area contributed by atoms with E-state index in [2.05, 4.69) is 41.2 Å². The zero-order valence-electron chi connectivity index (χ0n) is 10.8. The molecule has 1 rings (SSSR count). The van der Waals surface area contributed by atoms with Crippen LogP contribution in [0.15, 0.2) is 18.3 Å². The van der Waals surface area contributed by atoms with E-state index in [1.165, 1.54) is 0 Å². The molecule has 0 saturated carbocycles. The molecule has 0 aliphatic rings. The smallest absolute Gasteiger partial charge is 0.0638 e. The Hall–Kier alpha value is -1.60. The molecule has 0 saturated heterocycles. The van der Waals surface area contributed by atoms with Crippen LogP contribution in [0.2, 0.25) is 0 Å². The van der Waals surface area contributed by atoms with Gasteiger partial charge in [-0.15, -0.1) is 0 Å². The standard InChI is InChI=1S/C13H20N4/c1-4-15-12-6-8-16-13(9-12)10-17(3)11(2)5-7-14/h6,8-9,11H,4-5,10H2,1-3H3,(H,15,16). The average molecular weight is 232 g/mol. The zero-order chi connectivity index (χ0) is 12.7. The van der Waals surface area contributed by atoms with Crippen LogP contribution in [0.4, 0.5) is 5.69 Å². The third-order valence-corrected chi connectivity index (χ3v) is 2.75. The number of nitrogens with zero attached hydrogens (tertiary/aromatic N) is 3. The maximum atomic E-state index is 8.66. The molecule has 1 heterocycles. The summed E-state index contributed by atoms with van der Waals surface area (Å²) in [6.07, 6.45) is 2.36. The van der Waals surface area contributed by atoms with Crippen molar-refractivity contribution in [1.29, 1.82) is 5.26 Å². The summed E-state index contributed by atoms with van der Waals surface area (Å²) < 4.78 is 0. The minimum absolute atomic E-state index is 0.254. The van der Waals surface area contributed by atoms with Gasteiger partial charge in [0.25, 0.3) is 0 Å². The molecule has 0 radical (unpaired) electrons. The molecule has 4 nitrogen and oxygen atoms in total. The molecule has 0 fully saturated rings. The Morgan fingerprint density at radius 2 is 2.35 bits per heavy atom. The highest BCUT2D eigenvalue weighted by Crippen LogP contribution is 2.11. The van der Waals surface area contributed by atoms with Crippen molar-refractivity contribution < 1.29 is 0 Å². The molecule has 0 spiro atoms. The van der Waals surface area contributed by atoms with Crippen molar-refractivity contribution in [3.8, 4) is 6.07 Å². The predicted octanol–water partition coefficient (Wildman–Crippen LogP) is 2.25. The van der Waals surface area contributed by atoms with Gasteiger partial charge in [-0.05, 0) is 33.0 Å². The monoisotopic (exact) mass is 232 g/mol. The maximum absolute atomic E-state index is 8.66. The lowest BCUT2D eigenvalue weighted by Gasteiger charge is -2.22. The zero-order valence-corrected chi connectivity index (χ0v) is 10.8. The van der Waals surface area contributed by atoms with Crippen molar-refractivity contribution in [2.24, 2.45) is 0 Å². The molecule has 0 bridgehead atoms. The van der Waals surface area contributed by atoms with Crippen LogP contribution in [0.25, 0.3) is 0 Å². The lowest BCUT2D eigenvalue weighted by Crippen LogP contribution is -2.28. The van der Waals surface area contributed by atoms with E-state index in [4.69, 9.17) is 5.26 Å². The average Bonchev–Trinajstić information content (AvgIpc) is 2.30. The van der Waals surface area contributed by atoms with Crippen molar-refractivity contribution in [3.63, 3.8) is 0 Å². The van der Waals surface area contributed by atoms with Gasteiger partial charge in [-0.1, -0.05) is 0 Å². The summed E-state index contributed by atoms with van der Waals surface area (Å²) in [6.45, 7) is 5.80. The third kappa shape index (κ3) is 4.41. The van der Waals surface area contributed by atoms with E-state index >= 15 is 0 Å². The highest BCUT2D eigenvalue weighted by Gasteiger charge is 2.09. The van der Waals surface area contributed by atoms with Gasteiger partial charge in [0.15, 0.2) is 0 Å². The van der Waals surface area contributed by atoms with E-state index in [0.717, 1.165) is 24.5 Å². The van der Waals surface area contributed by atoms with Gasteiger partial charge >= 0.3 is 0 Å². The third-order valence-electron chi connectivity index (χ3n) is 2.75. The Labute approximate surface area is 103 Å². The van der Waals surface area contributed by atoms with Gasteiger partial charge in [0.05, 0.1) is 18.2 Å². The number of pyridine rings is 1. The van der Waals surface area contributed by atoms with Gasteiger partial charge in [0, 0.05) is 31.0 Å². The van der Waals surface area contributed by atoms with E-state index in [0.29, 0.717) is 6.42 Å². The van der Waals surface area contributed by atoms with E-state index in [1.807, 2.05) is 19.3 Å². The Morgan fingerprint density at radius 3 is 3.00 bits per heavy atom. The number of hydrogen-bond donors (Lipinski definition) is 1. The predicted molar refractivity (Wildman–Crippen MR) is 69.6 cm³/mol. The molecule has 0 aliphatic heterocycles. The molecule has 92 valence electrons. The quantitative estimate of drug-likeness (QED) is 0.817. The summed E-state index contributed by atoms with van der Waals surface area (Å²) in [5.41, 5.74) is 2.12. The second-order valence-corrected chi connectivity index (χ2v) is 4.19. The summed E-state index contributed by atoms with van der Waals surface area (Å²) in [7, 11) is 2.02. The van der Waals surface area contributed by atoms with Crippen LogP contribution in [0.5, 0.6) is 0 Å². The van der Waals surface area contributed by atoms with Crippen LogP contribution >= 0.6 is 0 Å². The van der Waals surface area contributed by atoms with Gasteiger partial charge in [-0.3, -0.25) is 9.88 Å². The first-order valence-electron chi connectivity index (χ1n) is 5.93. The topological polar surface area (TPSA) is 52.0 Å². The van der Waals surface area contributed by atoms with Crippen LogP contribution in [0.3, 0.4) is 0 Å². The van der Waals surface area contributed by atoms with E-state index in [-0.39, 0.29) is 6.04 Å². The molecule has 1 aromatic rings. The lowest BCUT2D eigenvalue weighted by molar-refractivity contribution is 0.249. The molecular formula is C13H20N4. The van der Waals surface area contributed by atoms with Crippen LogP contribution in [-0.2, 0) is 6.54 Å². The molecule has 17 heavy (non-hydrogen) atoms. The number of hydrogen-bond acceptors (Lipinski definition) is 4. The van der Waals surface area contributed by atoms with Crippen molar-refractivity contribution in [3.05, 3.63) is 24.0 Å². The fourth-order valence-electron chi connectivity index (χ4n) is 1.58. The molecule has 4 heteroatoms. The number of anilines is 1. The Kier molecular flexibility index (Phi) is 5.44. The summed E-state index contributed by atoms with van der Waals surface area (Å²) in [5, 5.41) is 11.9. The van der Waals surface area contributed by atoms with E-state index in [9.17, 15) is 0 Å². The van der Waals surface area contributed by atoms with Crippen LogP contribution in [0, 0.1) is 11.3 Å². The molecule has 0 amide bonds. The molecular weight excluding hydrogens is 212 g/mol. The van der Waals surface area contributed by atoms with Gasteiger partial charge in [-0.2, -0.15) is 5.26 Å². The van der Waals surface area contributed by atoms with Gasteiger partial charge in [-0.25, -0.2) is 0 Å². The summed E-state index contributed by atoms with van der Waals surface area (Å²) in [4.78, 5) is 6.48. The summed E-state index contributed by atoms with van der Waals surface area (Å²) in [6, 6.07) is 6.46. The van der Waals surface area contributed by atoms with Gasteiger partial charge in [0.2, 0.25) is 0 Å². The SMILES string of the molecule is CCNc1ccnc(CN(C)C(C)CC#N)c1. The van der Waals surface area contributed by atoms with Crippen molar-refractivity contribution in [2.75, 3.05) is 18.9 Å². The second-order valence-electron chi connectivity index (χ2n) is 4.19. The van der Waals surface area contributed by atoms with Crippen LogP contribution in [-0.4, -0.2) is 29.5 Å². The molecule has 1 unspecified atom stereocenters. The van der Waals surface area contributed by atoms with E-state index < -0.39 is 0 Å². The fraction of sp³-hybridized carbons (Fsp3) is 0.538. The highest BCUT2D eigenvalue weighted by molar-refractivity contribution is 5.42. The maximum Gasteiger partial charge on any atom is 0.0638 e. The number of nitriles is 1. The normalized spacial score (nSPS) is 12.2. The Morgan fingerprint density at radius 1 is 1.59 bits per heavy atom. The Bertz CT molecular complexity index is 383. The van der Waals surface area contributed by atoms with Crippen LogP contribution in [0.1, 0.15) is 26.0 Å². The first kappa shape index (κ1) is 13.5. The fourth-order valence-corrected chi connectivity index (χ4v) is 1.58.